The molecule has 0 spiro atoms. The van der Waals surface area contributed by atoms with E-state index in [0.717, 1.165) is 16.2 Å². The van der Waals surface area contributed by atoms with E-state index in [1.54, 1.807) is 6.07 Å². The molecule has 0 fully saturated rings. The number of hydrogen-bond donors (Lipinski definition) is 2. The first-order valence-electron chi connectivity index (χ1n) is 7.01. The number of aromatic hydroxyl groups is 1. The molecule has 0 radical (unpaired) electrons. The lowest BCUT2D eigenvalue weighted by atomic mass is 10.00. The van der Waals surface area contributed by atoms with E-state index < -0.39 is 0 Å². The Kier molecular flexibility index (Phi) is 3.26. The molecule has 0 aromatic heterocycles. The van der Waals surface area contributed by atoms with E-state index in [4.69, 9.17) is 0 Å². The molecule has 0 aliphatic rings. The number of phenolic OH excluding ortho intramolecular Hbond substituents is 1. The molecule has 0 unspecified atom stereocenters. The van der Waals surface area contributed by atoms with E-state index in [-0.39, 0.29) is 17.7 Å². The zero-order valence-corrected chi connectivity index (χ0v) is 12.1. The summed E-state index contributed by atoms with van der Waals surface area (Å²) in [4.78, 5) is 12.1. The molecule has 0 saturated heterocycles. The Bertz CT molecular complexity index is 837. The van der Waals surface area contributed by atoms with Crippen LogP contribution in [0.5, 0.6) is 5.75 Å². The molecule has 3 aromatic carbocycles. The number of nitrogens with one attached hydrogen (secondary N) is 1. The first-order chi connectivity index (χ1) is 10.1. The van der Waals surface area contributed by atoms with Gasteiger partial charge in [-0.05, 0) is 48.2 Å². The van der Waals surface area contributed by atoms with Gasteiger partial charge in [0.25, 0.3) is 5.91 Å². The van der Waals surface area contributed by atoms with Gasteiger partial charge < -0.3 is 10.4 Å². The van der Waals surface area contributed by atoms with Crippen molar-refractivity contribution in [3.8, 4) is 5.75 Å². The summed E-state index contributed by atoms with van der Waals surface area (Å²) < 4.78 is 0. The molecule has 0 saturated carbocycles. The van der Waals surface area contributed by atoms with Crippen LogP contribution in [0.2, 0.25) is 0 Å². The summed E-state index contributed by atoms with van der Waals surface area (Å²) in [5.74, 6) is -0.214. The zero-order valence-electron chi connectivity index (χ0n) is 12.1. The van der Waals surface area contributed by atoms with Crippen LogP contribution in [0, 0.1) is 0 Å². The van der Waals surface area contributed by atoms with E-state index in [1.807, 2.05) is 56.3 Å². The molecule has 0 bridgehead atoms. The Balaban J connectivity index is 2.19. The number of rotatable bonds is 2. The third kappa shape index (κ3) is 2.42. The smallest absolute Gasteiger partial charge is 0.255 e. The molecule has 3 heteroatoms. The Morgan fingerprint density at radius 2 is 1.67 bits per heavy atom. The zero-order chi connectivity index (χ0) is 15.0. The summed E-state index contributed by atoms with van der Waals surface area (Å²) in [7, 11) is 0. The predicted octanol–water partition coefficient (Wildman–Crippen LogP) is 3.84. The Morgan fingerprint density at radius 3 is 2.33 bits per heavy atom. The highest BCUT2D eigenvalue weighted by atomic mass is 16.3. The second-order valence-electron chi connectivity index (χ2n) is 5.51. The lowest BCUT2D eigenvalue weighted by Crippen LogP contribution is -2.30. The first-order valence-corrected chi connectivity index (χ1v) is 7.01. The fraction of sp³-hybridized carbons (Fsp3) is 0.167. The summed E-state index contributed by atoms with van der Waals surface area (Å²) in [5, 5.41) is 17.0. The average molecular weight is 279 g/mol. The van der Waals surface area contributed by atoms with E-state index in [9.17, 15) is 9.90 Å². The number of phenols is 1. The van der Waals surface area contributed by atoms with Crippen LogP contribution in [0.15, 0.2) is 48.5 Å². The van der Waals surface area contributed by atoms with Gasteiger partial charge in [0, 0.05) is 11.4 Å². The van der Waals surface area contributed by atoms with Crippen LogP contribution < -0.4 is 5.32 Å². The maximum absolute atomic E-state index is 12.1. The van der Waals surface area contributed by atoms with Crippen LogP contribution in [0.25, 0.3) is 21.5 Å². The van der Waals surface area contributed by atoms with Crippen LogP contribution in [-0.4, -0.2) is 17.1 Å². The van der Waals surface area contributed by atoms with Crippen LogP contribution in [-0.2, 0) is 0 Å². The fourth-order valence-corrected chi connectivity index (χ4v) is 2.52. The molecule has 0 atom stereocenters. The van der Waals surface area contributed by atoms with Gasteiger partial charge in [0.2, 0.25) is 0 Å². The fourth-order valence-electron chi connectivity index (χ4n) is 2.52. The predicted molar refractivity (Wildman–Crippen MR) is 85.7 cm³/mol. The van der Waals surface area contributed by atoms with Crippen molar-refractivity contribution in [2.24, 2.45) is 0 Å². The van der Waals surface area contributed by atoms with Crippen LogP contribution in [0.1, 0.15) is 24.2 Å². The topological polar surface area (TPSA) is 49.3 Å². The number of carbonyl (C=O) groups excluding carboxylic acids is 1. The molecule has 1 amide bonds. The molecule has 3 aromatic rings. The van der Waals surface area contributed by atoms with Crippen molar-refractivity contribution in [2.75, 3.05) is 0 Å². The molecule has 21 heavy (non-hydrogen) atoms. The SMILES string of the molecule is CC(C)NC(=O)c1ccc2cc3ccccc3cc2c1O. The van der Waals surface area contributed by atoms with Gasteiger partial charge in [-0.1, -0.05) is 30.3 Å². The highest BCUT2D eigenvalue weighted by molar-refractivity contribution is 6.07. The van der Waals surface area contributed by atoms with E-state index in [0.29, 0.717) is 10.9 Å². The maximum atomic E-state index is 12.1. The van der Waals surface area contributed by atoms with Crippen molar-refractivity contribution < 1.29 is 9.90 Å². The summed E-state index contributed by atoms with van der Waals surface area (Å²) in [5.41, 5.74) is 0.312. The van der Waals surface area contributed by atoms with E-state index in [2.05, 4.69) is 5.32 Å². The average Bonchev–Trinajstić information content (AvgIpc) is 2.45. The summed E-state index contributed by atoms with van der Waals surface area (Å²) in [6.45, 7) is 3.78. The molecule has 106 valence electrons. The summed E-state index contributed by atoms with van der Waals surface area (Å²) in [6.07, 6.45) is 0. The van der Waals surface area contributed by atoms with Crippen LogP contribution >= 0.6 is 0 Å². The number of hydrogen-bond acceptors (Lipinski definition) is 2. The monoisotopic (exact) mass is 279 g/mol. The first kappa shape index (κ1) is 13.4. The minimum absolute atomic E-state index is 0.0317. The van der Waals surface area contributed by atoms with Crippen molar-refractivity contribution >= 4 is 27.5 Å². The van der Waals surface area contributed by atoms with Gasteiger partial charge in [-0.2, -0.15) is 0 Å². The number of amides is 1. The van der Waals surface area contributed by atoms with Crippen molar-refractivity contribution in [3.05, 3.63) is 54.1 Å². The van der Waals surface area contributed by atoms with Gasteiger partial charge >= 0.3 is 0 Å². The number of carbonyl (C=O) groups is 1. The molecule has 3 nitrogen and oxygen atoms in total. The van der Waals surface area contributed by atoms with Gasteiger partial charge in [0.15, 0.2) is 0 Å². The summed E-state index contributed by atoms with van der Waals surface area (Å²) >= 11 is 0. The van der Waals surface area contributed by atoms with E-state index >= 15 is 0 Å². The van der Waals surface area contributed by atoms with Gasteiger partial charge in [0.1, 0.15) is 5.75 Å². The minimum Gasteiger partial charge on any atom is -0.506 e. The molecular weight excluding hydrogens is 262 g/mol. The van der Waals surface area contributed by atoms with Crippen LogP contribution in [0.3, 0.4) is 0 Å². The Morgan fingerprint density at radius 1 is 1.00 bits per heavy atom. The van der Waals surface area contributed by atoms with Crippen molar-refractivity contribution in [3.63, 3.8) is 0 Å². The van der Waals surface area contributed by atoms with Gasteiger partial charge in [0.05, 0.1) is 5.56 Å². The highest BCUT2D eigenvalue weighted by Gasteiger charge is 2.14. The van der Waals surface area contributed by atoms with E-state index in [1.165, 1.54) is 0 Å². The second-order valence-corrected chi connectivity index (χ2v) is 5.51. The Hall–Kier alpha value is -2.55. The van der Waals surface area contributed by atoms with Crippen molar-refractivity contribution in [1.29, 1.82) is 0 Å². The standard InChI is InChI=1S/C18H17NO2/c1-11(2)19-18(21)15-8-7-14-9-12-5-3-4-6-13(12)10-16(14)17(15)20/h3-11,20H,1-2H3,(H,19,21). The minimum atomic E-state index is -0.252. The highest BCUT2D eigenvalue weighted by Crippen LogP contribution is 2.32. The van der Waals surface area contributed by atoms with Crippen LogP contribution in [0.4, 0.5) is 0 Å². The normalized spacial score (nSPS) is 11.2. The molecule has 0 aliphatic heterocycles. The van der Waals surface area contributed by atoms with Gasteiger partial charge in [-0.3, -0.25) is 4.79 Å². The largest absolute Gasteiger partial charge is 0.506 e. The molecule has 0 aliphatic carbocycles. The van der Waals surface area contributed by atoms with Crippen molar-refractivity contribution in [2.45, 2.75) is 19.9 Å². The second kappa shape index (κ2) is 5.09. The third-order valence-corrected chi connectivity index (χ3v) is 3.52. The van der Waals surface area contributed by atoms with Crippen molar-refractivity contribution in [1.82, 2.24) is 5.32 Å². The number of benzene rings is 3. The Labute approximate surface area is 123 Å². The lowest BCUT2D eigenvalue weighted by molar-refractivity contribution is 0.0940. The summed E-state index contributed by atoms with van der Waals surface area (Å²) in [6, 6.07) is 15.5. The van der Waals surface area contributed by atoms with Gasteiger partial charge in [-0.25, -0.2) is 0 Å². The molecule has 3 rings (SSSR count). The number of fused-ring (bicyclic) bond motifs is 2. The maximum Gasteiger partial charge on any atom is 0.255 e. The molecule has 2 N–H and O–H groups in total. The molecule has 0 heterocycles. The van der Waals surface area contributed by atoms with Gasteiger partial charge in [-0.15, -0.1) is 0 Å². The third-order valence-electron chi connectivity index (χ3n) is 3.52. The quantitative estimate of drug-likeness (QED) is 0.700. The molecular formula is C18H17NO2. The lowest BCUT2D eigenvalue weighted by Gasteiger charge is -2.11.